The zero-order chi connectivity index (χ0) is 12.5. The van der Waals surface area contributed by atoms with Crippen LogP contribution < -0.4 is 10.6 Å². The number of carbonyl (C=O) groups is 1. The lowest BCUT2D eigenvalue weighted by Gasteiger charge is -2.28. The van der Waals surface area contributed by atoms with Crippen molar-refractivity contribution in [1.29, 1.82) is 0 Å². The van der Waals surface area contributed by atoms with Gasteiger partial charge in [-0.05, 0) is 31.6 Å². The van der Waals surface area contributed by atoms with Gasteiger partial charge in [0.15, 0.2) is 0 Å². The molecule has 2 heterocycles. The van der Waals surface area contributed by atoms with Gasteiger partial charge >= 0.3 is 6.18 Å². The van der Waals surface area contributed by atoms with Gasteiger partial charge in [-0.25, -0.2) is 0 Å². The van der Waals surface area contributed by atoms with E-state index in [2.05, 4.69) is 5.32 Å². The smallest absolute Gasteiger partial charge is 0.347 e. The van der Waals surface area contributed by atoms with Crippen molar-refractivity contribution < 1.29 is 18.0 Å². The SMILES string of the molecule is Cl.O=C(CC1CC2CCC(C1)N2)NCC(F)(F)F. The first kappa shape index (κ1) is 15.6. The van der Waals surface area contributed by atoms with Crippen LogP contribution in [-0.4, -0.2) is 30.7 Å². The Kier molecular flexibility index (Phi) is 5.28. The molecule has 0 aromatic carbocycles. The number of hydrogen-bond donors (Lipinski definition) is 2. The average Bonchev–Trinajstić information content (AvgIpc) is 2.54. The molecular weight excluding hydrogens is 269 g/mol. The third-order valence-corrected chi connectivity index (χ3v) is 3.53. The summed E-state index contributed by atoms with van der Waals surface area (Å²) in [6.45, 7) is -1.22. The highest BCUT2D eigenvalue weighted by Gasteiger charge is 2.34. The van der Waals surface area contributed by atoms with E-state index in [0.717, 1.165) is 25.7 Å². The van der Waals surface area contributed by atoms with Crippen LogP contribution in [0.4, 0.5) is 13.2 Å². The maximum absolute atomic E-state index is 11.9. The first-order chi connectivity index (χ1) is 7.92. The number of nitrogens with one attached hydrogen (secondary N) is 2. The molecule has 18 heavy (non-hydrogen) atoms. The van der Waals surface area contributed by atoms with Crippen molar-refractivity contribution in [2.75, 3.05) is 6.54 Å². The van der Waals surface area contributed by atoms with E-state index in [-0.39, 0.29) is 24.7 Å². The van der Waals surface area contributed by atoms with Gasteiger partial charge in [0.25, 0.3) is 0 Å². The summed E-state index contributed by atoms with van der Waals surface area (Å²) < 4.78 is 35.7. The van der Waals surface area contributed by atoms with Crippen molar-refractivity contribution in [3.63, 3.8) is 0 Å². The van der Waals surface area contributed by atoms with Crippen LogP contribution in [-0.2, 0) is 4.79 Å². The Bertz CT molecular complexity index is 287. The summed E-state index contributed by atoms with van der Waals surface area (Å²) in [5, 5.41) is 5.37. The van der Waals surface area contributed by atoms with Gasteiger partial charge in [0, 0.05) is 18.5 Å². The van der Waals surface area contributed by atoms with Crippen molar-refractivity contribution in [2.24, 2.45) is 5.92 Å². The molecule has 2 unspecified atom stereocenters. The van der Waals surface area contributed by atoms with Crippen molar-refractivity contribution in [3.05, 3.63) is 0 Å². The predicted octanol–water partition coefficient (Wildman–Crippen LogP) is 2.01. The van der Waals surface area contributed by atoms with Crippen molar-refractivity contribution >= 4 is 18.3 Å². The van der Waals surface area contributed by atoms with Crippen LogP contribution in [0.15, 0.2) is 0 Å². The third-order valence-electron chi connectivity index (χ3n) is 3.53. The highest BCUT2D eigenvalue weighted by Crippen LogP contribution is 2.32. The lowest BCUT2D eigenvalue weighted by Crippen LogP contribution is -2.40. The molecule has 1 amide bonds. The van der Waals surface area contributed by atoms with E-state index in [1.807, 2.05) is 5.32 Å². The van der Waals surface area contributed by atoms with Crippen LogP contribution in [0.5, 0.6) is 0 Å². The number of halogens is 4. The molecule has 0 radical (unpaired) electrons. The Morgan fingerprint density at radius 3 is 2.28 bits per heavy atom. The fourth-order valence-electron chi connectivity index (χ4n) is 2.87. The van der Waals surface area contributed by atoms with Gasteiger partial charge in [-0.3, -0.25) is 4.79 Å². The molecule has 2 aliphatic heterocycles. The van der Waals surface area contributed by atoms with Crippen LogP contribution in [0.2, 0.25) is 0 Å². The molecule has 7 heteroatoms. The number of carbonyl (C=O) groups excluding carboxylic acids is 1. The standard InChI is InChI=1S/C11H17F3N2O.ClH/c12-11(13,14)6-15-10(17)5-7-3-8-1-2-9(4-7)16-8;/h7-9,16H,1-6H2,(H,15,17);1H. The molecule has 0 aliphatic carbocycles. The molecule has 2 atom stereocenters. The summed E-state index contributed by atoms with van der Waals surface area (Å²) in [5.74, 6) is -0.240. The quantitative estimate of drug-likeness (QED) is 0.833. The Labute approximate surface area is 110 Å². The van der Waals surface area contributed by atoms with E-state index in [1.165, 1.54) is 0 Å². The maximum atomic E-state index is 11.9. The van der Waals surface area contributed by atoms with Gasteiger partial charge in [0.2, 0.25) is 5.91 Å². The van der Waals surface area contributed by atoms with E-state index >= 15 is 0 Å². The number of amides is 1. The first-order valence-corrected chi connectivity index (χ1v) is 6.02. The molecule has 0 aromatic rings. The monoisotopic (exact) mass is 286 g/mol. The molecule has 2 rings (SSSR count). The molecule has 2 aliphatic rings. The molecular formula is C11H18ClF3N2O. The maximum Gasteiger partial charge on any atom is 0.405 e. The second-order valence-electron chi connectivity index (χ2n) is 5.07. The minimum absolute atomic E-state index is 0. The van der Waals surface area contributed by atoms with Gasteiger partial charge in [0.1, 0.15) is 6.54 Å². The number of alkyl halides is 3. The number of hydrogen-bond acceptors (Lipinski definition) is 2. The Hall–Kier alpha value is -0.490. The molecule has 2 bridgehead atoms. The van der Waals surface area contributed by atoms with Crippen LogP contribution in [0.25, 0.3) is 0 Å². The zero-order valence-corrected chi connectivity index (χ0v) is 10.7. The fourth-order valence-corrected chi connectivity index (χ4v) is 2.87. The average molecular weight is 287 g/mol. The minimum atomic E-state index is -4.32. The van der Waals surface area contributed by atoms with Gasteiger partial charge in [-0.2, -0.15) is 13.2 Å². The van der Waals surface area contributed by atoms with Crippen molar-refractivity contribution in [1.82, 2.24) is 10.6 Å². The summed E-state index contributed by atoms with van der Waals surface area (Å²) in [6.07, 6.45) is -0.00385. The zero-order valence-electron chi connectivity index (χ0n) is 9.93. The molecule has 106 valence electrons. The summed E-state index contributed by atoms with van der Waals surface area (Å²) in [7, 11) is 0. The first-order valence-electron chi connectivity index (χ1n) is 6.02. The lowest BCUT2D eigenvalue weighted by atomic mass is 9.89. The second kappa shape index (κ2) is 6.10. The highest BCUT2D eigenvalue weighted by molar-refractivity contribution is 5.85. The van der Waals surface area contributed by atoms with Crippen LogP contribution in [0, 0.1) is 5.92 Å². The normalized spacial score (nSPS) is 30.7. The van der Waals surface area contributed by atoms with Gasteiger partial charge in [0.05, 0.1) is 0 Å². The fraction of sp³-hybridized carbons (Fsp3) is 0.909. The van der Waals surface area contributed by atoms with E-state index in [1.54, 1.807) is 0 Å². The van der Waals surface area contributed by atoms with E-state index < -0.39 is 18.6 Å². The summed E-state index contributed by atoms with van der Waals surface area (Å²) in [4.78, 5) is 11.4. The van der Waals surface area contributed by atoms with Crippen molar-refractivity contribution in [2.45, 2.75) is 50.4 Å². The summed E-state index contributed by atoms with van der Waals surface area (Å²) >= 11 is 0. The predicted molar refractivity (Wildman–Crippen MR) is 63.6 cm³/mol. The molecule has 0 spiro atoms. The van der Waals surface area contributed by atoms with Crippen LogP contribution in [0.3, 0.4) is 0 Å². The van der Waals surface area contributed by atoms with Gasteiger partial charge in [-0.15, -0.1) is 12.4 Å². The summed E-state index contributed by atoms with van der Waals surface area (Å²) in [5.41, 5.74) is 0. The number of rotatable bonds is 3. The van der Waals surface area contributed by atoms with E-state index in [9.17, 15) is 18.0 Å². The highest BCUT2D eigenvalue weighted by atomic mass is 35.5. The molecule has 0 aromatic heterocycles. The summed E-state index contributed by atoms with van der Waals surface area (Å²) in [6, 6.07) is 0.934. The molecule has 2 N–H and O–H groups in total. The number of piperidine rings is 1. The van der Waals surface area contributed by atoms with Gasteiger partial charge < -0.3 is 10.6 Å². The van der Waals surface area contributed by atoms with E-state index in [4.69, 9.17) is 0 Å². The molecule has 2 saturated heterocycles. The Morgan fingerprint density at radius 1 is 1.22 bits per heavy atom. The van der Waals surface area contributed by atoms with E-state index in [0.29, 0.717) is 12.1 Å². The molecule has 2 fully saturated rings. The lowest BCUT2D eigenvalue weighted by molar-refractivity contribution is -0.139. The second-order valence-corrected chi connectivity index (χ2v) is 5.07. The molecule has 0 saturated carbocycles. The number of fused-ring (bicyclic) bond motifs is 2. The van der Waals surface area contributed by atoms with Crippen LogP contribution >= 0.6 is 12.4 Å². The van der Waals surface area contributed by atoms with Gasteiger partial charge in [-0.1, -0.05) is 0 Å². The van der Waals surface area contributed by atoms with Crippen LogP contribution in [0.1, 0.15) is 32.1 Å². The topological polar surface area (TPSA) is 41.1 Å². The molecule has 3 nitrogen and oxygen atoms in total. The minimum Gasteiger partial charge on any atom is -0.347 e. The Balaban J connectivity index is 0.00000162. The van der Waals surface area contributed by atoms with Crippen molar-refractivity contribution in [3.8, 4) is 0 Å². The third kappa shape index (κ3) is 4.65. The Morgan fingerprint density at radius 2 is 1.78 bits per heavy atom. The largest absolute Gasteiger partial charge is 0.405 e.